The highest BCUT2D eigenvalue weighted by Gasteiger charge is 2.52. The van der Waals surface area contributed by atoms with Crippen molar-refractivity contribution in [2.75, 3.05) is 19.6 Å². The summed E-state index contributed by atoms with van der Waals surface area (Å²) in [6.45, 7) is 5.22. The van der Waals surface area contributed by atoms with E-state index in [2.05, 4.69) is 19.2 Å². The number of likely N-dealkylation sites (tertiary alicyclic amines) is 1. The van der Waals surface area contributed by atoms with Gasteiger partial charge in [-0.05, 0) is 50.4 Å². The van der Waals surface area contributed by atoms with E-state index in [1.165, 1.54) is 0 Å². The van der Waals surface area contributed by atoms with Crippen LogP contribution >= 0.6 is 12.4 Å². The van der Waals surface area contributed by atoms with E-state index < -0.39 is 11.6 Å². The highest BCUT2D eigenvalue weighted by atomic mass is 35.5. The van der Waals surface area contributed by atoms with Crippen molar-refractivity contribution in [1.29, 1.82) is 0 Å². The minimum absolute atomic E-state index is 0. The lowest BCUT2D eigenvalue weighted by Gasteiger charge is -2.38. The third-order valence-electron chi connectivity index (χ3n) is 6.24. The normalized spacial score (nSPS) is 34.7. The summed E-state index contributed by atoms with van der Waals surface area (Å²) >= 11 is 0. The molecule has 0 aromatic heterocycles. The van der Waals surface area contributed by atoms with E-state index in [0.717, 1.165) is 30.6 Å². The van der Waals surface area contributed by atoms with Gasteiger partial charge in [0.25, 0.3) is 5.91 Å². The number of carbonyl (C=O) groups is 3. The van der Waals surface area contributed by atoms with E-state index in [1.54, 1.807) is 4.90 Å². The van der Waals surface area contributed by atoms with Crippen LogP contribution in [0, 0.1) is 11.8 Å². The molecule has 4 amide bonds. The van der Waals surface area contributed by atoms with Crippen LogP contribution < -0.4 is 11.1 Å². The molecule has 2 saturated heterocycles. The third kappa shape index (κ3) is 3.83. The second-order valence-electron chi connectivity index (χ2n) is 8.19. The Labute approximate surface area is 161 Å². The van der Waals surface area contributed by atoms with E-state index in [0.29, 0.717) is 37.8 Å². The van der Waals surface area contributed by atoms with E-state index in [-0.39, 0.29) is 36.8 Å². The number of nitrogens with two attached hydrogens (primary N) is 1. The van der Waals surface area contributed by atoms with Crippen LogP contribution in [0.4, 0.5) is 4.79 Å². The van der Waals surface area contributed by atoms with Crippen molar-refractivity contribution in [2.24, 2.45) is 17.6 Å². The summed E-state index contributed by atoms with van der Waals surface area (Å²) in [5.41, 5.74) is 5.04. The molecule has 2 aliphatic heterocycles. The molecule has 0 radical (unpaired) electrons. The summed E-state index contributed by atoms with van der Waals surface area (Å²) in [6.07, 6.45) is 4.99. The first-order valence-corrected chi connectivity index (χ1v) is 9.50. The average Bonchev–Trinajstić information content (AvgIpc) is 2.81. The Morgan fingerprint density at radius 3 is 2.46 bits per heavy atom. The van der Waals surface area contributed by atoms with Crippen LogP contribution in [0.25, 0.3) is 0 Å². The zero-order valence-electron chi connectivity index (χ0n) is 15.7. The summed E-state index contributed by atoms with van der Waals surface area (Å²) in [6, 6.07) is -0.427. The summed E-state index contributed by atoms with van der Waals surface area (Å²) in [4.78, 5) is 40.8. The Balaban J connectivity index is 0.00000243. The molecule has 8 heteroatoms. The predicted molar refractivity (Wildman–Crippen MR) is 101 cm³/mol. The predicted octanol–water partition coefficient (Wildman–Crippen LogP) is 1.49. The average molecular weight is 387 g/mol. The van der Waals surface area contributed by atoms with E-state index >= 15 is 0 Å². The maximum absolute atomic E-state index is 12.9. The molecular formula is C18H31ClN4O3. The molecule has 0 aromatic rings. The lowest BCUT2D eigenvalue weighted by Crippen LogP contribution is -2.53. The smallest absolute Gasteiger partial charge is 0.325 e. The maximum Gasteiger partial charge on any atom is 0.325 e. The fourth-order valence-electron chi connectivity index (χ4n) is 4.44. The van der Waals surface area contributed by atoms with Crippen molar-refractivity contribution < 1.29 is 14.4 Å². The summed E-state index contributed by atoms with van der Waals surface area (Å²) in [5.74, 6) is 0.716. The van der Waals surface area contributed by atoms with Gasteiger partial charge in [0.2, 0.25) is 5.91 Å². The first-order chi connectivity index (χ1) is 11.9. The summed E-state index contributed by atoms with van der Waals surface area (Å²) < 4.78 is 0. The van der Waals surface area contributed by atoms with Crippen molar-refractivity contribution in [3.63, 3.8) is 0 Å². The SMILES string of the molecule is CC1CCC2(CC1)NC(=O)N(CC(=O)N1CCC(C)CC1CN)C2=O.Cl. The van der Waals surface area contributed by atoms with E-state index in [4.69, 9.17) is 5.73 Å². The lowest BCUT2D eigenvalue weighted by atomic mass is 9.77. The first-order valence-electron chi connectivity index (χ1n) is 9.50. The summed E-state index contributed by atoms with van der Waals surface area (Å²) in [7, 11) is 0. The Hall–Kier alpha value is -1.34. The third-order valence-corrected chi connectivity index (χ3v) is 6.24. The van der Waals surface area contributed by atoms with Gasteiger partial charge in [-0.3, -0.25) is 14.5 Å². The number of hydrogen-bond acceptors (Lipinski definition) is 4. The second kappa shape index (κ2) is 8.13. The Morgan fingerprint density at radius 2 is 1.85 bits per heavy atom. The standard InChI is InChI=1S/C18H30N4O3.ClH/c1-12-3-6-18(7-4-12)16(24)22(17(25)20-18)11-15(23)21-8-5-13(2)9-14(21)10-19;/h12-14H,3-11,19H2,1-2H3,(H,20,25);1H. The van der Waals surface area contributed by atoms with Gasteiger partial charge in [-0.1, -0.05) is 13.8 Å². The molecule has 1 aliphatic carbocycles. The van der Waals surface area contributed by atoms with Crippen LogP contribution in [0.3, 0.4) is 0 Å². The van der Waals surface area contributed by atoms with Gasteiger partial charge < -0.3 is 16.0 Å². The van der Waals surface area contributed by atoms with Gasteiger partial charge in [-0.25, -0.2) is 4.79 Å². The molecule has 0 bridgehead atoms. The molecule has 1 saturated carbocycles. The van der Waals surface area contributed by atoms with Crippen molar-refractivity contribution in [1.82, 2.24) is 15.1 Å². The molecular weight excluding hydrogens is 356 g/mol. The van der Waals surface area contributed by atoms with Gasteiger partial charge in [-0.2, -0.15) is 0 Å². The van der Waals surface area contributed by atoms with Crippen LogP contribution in [-0.2, 0) is 9.59 Å². The first kappa shape index (κ1) is 21.0. The quantitative estimate of drug-likeness (QED) is 0.718. The van der Waals surface area contributed by atoms with Crippen LogP contribution in [0.5, 0.6) is 0 Å². The minimum Gasteiger partial charge on any atom is -0.337 e. The lowest BCUT2D eigenvalue weighted by molar-refractivity contribution is -0.142. The number of carbonyl (C=O) groups excluding carboxylic acids is 3. The molecule has 3 N–H and O–H groups in total. The zero-order valence-corrected chi connectivity index (χ0v) is 16.5. The number of rotatable bonds is 3. The number of imide groups is 1. The van der Waals surface area contributed by atoms with Crippen LogP contribution in [0.15, 0.2) is 0 Å². The van der Waals surface area contributed by atoms with Gasteiger partial charge in [0.15, 0.2) is 0 Å². The molecule has 26 heavy (non-hydrogen) atoms. The molecule has 7 nitrogen and oxygen atoms in total. The highest BCUT2D eigenvalue weighted by molar-refractivity contribution is 6.09. The minimum atomic E-state index is -0.784. The Bertz CT molecular complexity index is 563. The fraction of sp³-hybridized carbons (Fsp3) is 0.833. The van der Waals surface area contributed by atoms with Crippen LogP contribution in [-0.4, -0.2) is 58.9 Å². The molecule has 2 unspecified atom stereocenters. The van der Waals surface area contributed by atoms with Gasteiger partial charge in [0, 0.05) is 19.1 Å². The largest absolute Gasteiger partial charge is 0.337 e. The fourth-order valence-corrected chi connectivity index (χ4v) is 4.44. The van der Waals surface area contributed by atoms with Crippen molar-refractivity contribution in [3.05, 3.63) is 0 Å². The molecule has 3 aliphatic rings. The second-order valence-corrected chi connectivity index (χ2v) is 8.19. The molecule has 2 atom stereocenters. The number of piperidine rings is 1. The Kier molecular flexibility index (Phi) is 6.55. The van der Waals surface area contributed by atoms with Crippen LogP contribution in [0.2, 0.25) is 0 Å². The van der Waals surface area contributed by atoms with Gasteiger partial charge in [0.1, 0.15) is 12.1 Å². The van der Waals surface area contributed by atoms with Gasteiger partial charge in [-0.15, -0.1) is 12.4 Å². The molecule has 2 heterocycles. The molecule has 3 rings (SSSR count). The summed E-state index contributed by atoms with van der Waals surface area (Å²) in [5, 5.41) is 2.87. The monoisotopic (exact) mass is 386 g/mol. The van der Waals surface area contributed by atoms with E-state index in [1.807, 2.05) is 0 Å². The molecule has 0 aromatic carbocycles. The maximum atomic E-state index is 12.9. The molecule has 1 spiro atoms. The van der Waals surface area contributed by atoms with Gasteiger partial charge >= 0.3 is 6.03 Å². The van der Waals surface area contributed by atoms with E-state index in [9.17, 15) is 14.4 Å². The zero-order chi connectivity index (χ0) is 18.2. The number of hydrogen-bond donors (Lipinski definition) is 2. The van der Waals surface area contributed by atoms with Crippen molar-refractivity contribution in [3.8, 4) is 0 Å². The number of halogens is 1. The molecule has 148 valence electrons. The van der Waals surface area contributed by atoms with Crippen LogP contribution in [0.1, 0.15) is 52.4 Å². The van der Waals surface area contributed by atoms with Crippen molar-refractivity contribution in [2.45, 2.75) is 64.0 Å². The highest BCUT2D eigenvalue weighted by Crippen LogP contribution is 2.36. The Morgan fingerprint density at radius 1 is 1.19 bits per heavy atom. The topological polar surface area (TPSA) is 95.7 Å². The number of urea groups is 1. The van der Waals surface area contributed by atoms with Gasteiger partial charge in [0.05, 0.1) is 0 Å². The number of nitrogens with one attached hydrogen (secondary N) is 1. The number of amides is 4. The van der Waals surface area contributed by atoms with Crippen molar-refractivity contribution >= 4 is 30.3 Å². The molecule has 3 fully saturated rings. The number of nitrogens with zero attached hydrogens (tertiary/aromatic N) is 2.